The highest BCUT2D eigenvalue weighted by molar-refractivity contribution is 5.76. The van der Waals surface area contributed by atoms with Gasteiger partial charge in [-0.05, 0) is 31.5 Å². The molecule has 0 aliphatic carbocycles. The number of nitrogens with one attached hydrogen (secondary N) is 1. The third-order valence-corrected chi connectivity index (χ3v) is 4.20. The molecule has 0 fully saturated rings. The van der Waals surface area contributed by atoms with E-state index >= 15 is 0 Å². The summed E-state index contributed by atoms with van der Waals surface area (Å²) in [6.07, 6.45) is 1.84. The predicted molar refractivity (Wildman–Crippen MR) is 94.4 cm³/mol. The Morgan fingerprint density at radius 1 is 1.12 bits per heavy atom. The van der Waals surface area contributed by atoms with Crippen LogP contribution in [0.5, 0.6) is 0 Å². The van der Waals surface area contributed by atoms with Gasteiger partial charge in [0.2, 0.25) is 0 Å². The standard InChI is InChI=1S/C17H21N5O2/c1-11(2)22-10-19-13-6-5-12(7-14(13)22)9-18-15-8-16(23)21(4)17(24)20(15)3/h5-8,10-11,18H,9H2,1-4H3. The van der Waals surface area contributed by atoms with E-state index in [1.165, 1.54) is 17.7 Å². The summed E-state index contributed by atoms with van der Waals surface area (Å²) in [4.78, 5) is 28.1. The molecule has 0 spiro atoms. The van der Waals surface area contributed by atoms with E-state index in [2.05, 4.69) is 34.8 Å². The zero-order valence-corrected chi connectivity index (χ0v) is 14.3. The van der Waals surface area contributed by atoms with Gasteiger partial charge in [-0.2, -0.15) is 0 Å². The predicted octanol–water partition coefficient (Wildman–Crippen LogP) is 1.63. The van der Waals surface area contributed by atoms with E-state index in [1.807, 2.05) is 18.5 Å². The van der Waals surface area contributed by atoms with E-state index in [0.717, 1.165) is 21.2 Å². The van der Waals surface area contributed by atoms with Gasteiger partial charge in [-0.25, -0.2) is 9.78 Å². The van der Waals surface area contributed by atoms with Gasteiger partial charge in [0, 0.05) is 32.7 Å². The van der Waals surface area contributed by atoms with Crippen LogP contribution < -0.4 is 16.6 Å². The molecule has 1 N–H and O–H groups in total. The molecule has 7 heteroatoms. The number of hydrogen-bond acceptors (Lipinski definition) is 4. The fourth-order valence-electron chi connectivity index (χ4n) is 2.69. The Morgan fingerprint density at radius 2 is 1.88 bits per heavy atom. The molecule has 3 rings (SSSR count). The van der Waals surface area contributed by atoms with Crippen LogP contribution in [0.15, 0.2) is 40.2 Å². The second kappa shape index (κ2) is 5.99. The van der Waals surface area contributed by atoms with Crippen LogP contribution in [0, 0.1) is 0 Å². The lowest BCUT2D eigenvalue weighted by Gasteiger charge is -2.12. The van der Waals surface area contributed by atoms with E-state index < -0.39 is 0 Å². The monoisotopic (exact) mass is 327 g/mol. The second-order valence-corrected chi connectivity index (χ2v) is 6.19. The number of nitrogens with zero attached hydrogens (tertiary/aromatic N) is 4. The maximum atomic E-state index is 12.0. The van der Waals surface area contributed by atoms with Crippen molar-refractivity contribution in [2.75, 3.05) is 5.32 Å². The first-order valence-corrected chi connectivity index (χ1v) is 7.85. The number of aromatic nitrogens is 4. The zero-order valence-electron chi connectivity index (χ0n) is 14.3. The lowest BCUT2D eigenvalue weighted by molar-refractivity contribution is 0.617. The normalized spacial score (nSPS) is 11.4. The molecule has 0 atom stereocenters. The molecule has 2 heterocycles. The fourth-order valence-corrected chi connectivity index (χ4v) is 2.69. The summed E-state index contributed by atoms with van der Waals surface area (Å²) in [5.74, 6) is 0.501. The van der Waals surface area contributed by atoms with Crippen LogP contribution in [0.25, 0.3) is 11.0 Å². The fraction of sp³-hybridized carbons (Fsp3) is 0.353. The first kappa shape index (κ1) is 16.0. The Morgan fingerprint density at radius 3 is 2.58 bits per heavy atom. The maximum Gasteiger partial charge on any atom is 0.332 e. The van der Waals surface area contributed by atoms with Crippen LogP contribution in [0.3, 0.4) is 0 Å². The number of anilines is 1. The number of benzene rings is 1. The third-order valence-electron chi connectivity index (χ3n) is 4.20. The minimum atomic E-state index is -0.349. The van der Waals surface area contributed by atoms with E-state index in [-0.39, 0.29) is 11.2 Å². The summed E-state index contributed by atoms with van der Waals surface area (Å²) in [6, 6.07) is 7.81. The van der Waals surface area contributed by atoms with Gasteiger partial charge < -0.3 is 9.88 Å². The van der Waals surface area contributed by atoms with E-state index in [4.69, 9.17) is 0 Å². The van der Waals surface area contributed by atoms with Crippen LogP contribution in [-0.4, -0.2) is 18.7 Å². The Bertz CT molecular complexity index is 1010. The number of fused-ring (bicyclic) bond motifs is 1. The lowest BCUT2D eigenvalue weighted by atomic mass is 10.2. The molecule has 0 aliphatic rings. The van der Waals surface area contributed by atoms with Gasteiger partial charge in [0.05, 0.1) is 17.4 Å². The molecule has 0 amide bonds. The van der Waals surface area contributed by atoms with Crippen molar-refractivity contribution in [3.8, 4) is 0 Å². The Labute approximate surface area is 139 Å². The van der Waals surface area contributed by atoms with Crippen molar-refractivity contribution in [2.45, 2.75) is 26.4 Å². The summed E-state index contributed by atoms with van der Waals surface area (Å²) in [5, 5.41) is 3.16. The molecule has 126 valence electrons. The average Bonchev–Trinajstić information content (AvgIpc) is 2.98. The van der Waals surface area contributed by atoms with Gasteiger partial charge in [0.15, 0.2) is 0 Å². The van der Waals surface area contributed by atoms with E-state index in [9.17, 15) is 9.59 Å². The Hall–Kier alpha value is -2.83. The highest BCUT2D eigenvalue weighted by Gasteiger charge is 2.08. The highest BCUT2D eigenvalue weighted by atomic mass is 16.2. The molecular formula is C17H21N5O2. The first-order chi connectivity index (χ1) is 11.4. The van der Waals surface area contributed by atoms with Crippen molar-refractivity contribution in [2.24, 2.45) is 14.1 Å². The van der Waals surface area contributed by atoms with Gasteiger partial charge in [-0.3, -0.25) is 13.9 Å². The summed E-state index contributed by atoms with van der Waals surface area (Å²) in [7, 11) is 3.11. The van der Waals surface area contributed by atoms with Gasteiger partial charge in [-0.1, -0.05) is 6.07 Å². The van der Waals surface area contributed by atoms with Crippen molar-refractivity contribution in [1.29, 1.82) is 0 Å². The number of rotatable bonds is 4. The smallest absolute Gasteiger partial charge is 0.332 e. The lowest BCUT2D eigenvalue weighted by Crippen LogP contribution is -2.37. The molecule has 0 bridgehead atoms. The van der Waals surface area contributed by atoms with Crippen molar-refractivity contribution >= 4 is 16.9 Å². The molecule has 7 nitrogen and oxygen atoms in total. The van der Waals surface area contributed by atoms with Crippen LogP contribution in [0.4, 0.5) is 5.82 Å². The van der Waals surface area contributed by atoms with Crippen LogP contribution in [0.2, 0.25) is 0 Å². The summed E-state index contributed by atoms with van der Waals surface area (Å²) in [6.45, 7) is 4.74. The van der Waals surface area contributed by atoms with Gasteiger partial charge in [0.1, 0.15) is 5.82 Å². The topological polar surface area (TPSA) is 73.8 Å². The molecule has 0 aliphatic heterocycles. The van der Waals surface area contributed by atoms with Gasteiger partial charge >= 0.3 is 5.69 Å². The minimum Gasteiger partial charge on any atom is -0.367 e. The average molecular weight is 327 g/mol. The molecule has 0 saturated carbocycles. The summed E-state index contributed by atoms with van der Waals surface area (Å²) in [5.41, 5.74) is 2.40. The summed E-state index contributed by atoms with van der Waals surface area (Å²) < 4.78 is 4.63. The number of hydrogen-bond donors (Lipinski definition) is 1. The molecular weight excluding hydrogens is 306 g/mol. The maximum absolute atomic E-state index is 12.0. The molecule has 0 saturated heterocycles. The SMILES string of the molecule is CC(C)n1cnc2ccc(CNc3cc(=O)n(C)c(=O)n3C)cc21. The molecule has 0 unspecified atom stereocenters. The van der Waals surface area contributed by atoms with Crippen LogP contribution >= 0.6 is 0 Å². The van der Waals surface area contributed by atoms with Crippen molar-refractivity contribution in [3.63, 3.8) is 0 Å². The van der Waals surface area contributed by atoms with Crippen molar-refractivity contribution in [3.05, 3.63) is 57.0 Å². The van der Waals surface area contributed by atoms with Crippen LogP contribution in [0.1, 0.15) is 25.5 Å². The molecule has 0 radical (unpaired) electrons. The second-order valence-electron chi connectivity index (χ2n) is 6.19. The number of imidazole rings is 1. The Balaban J connectivity index is 1.90. The first-order valence-electron chi connectivity index (χ1n) is 7.85. The van der Waals surface area contributed by atoms with Crippen LogP contribution in [-0.2, 0) is 20.6 Å². The summed E-state index contributed by atoms with van der Waals surface area (Å²) >= 11 is 0. The largest absolute Gasteiger partial charge is 0.367 e. The minimum absolute atomic E-state index is 0.325. The third kappa shape index (κ3) is 2.73. The van der Waals surface area contributed by atoms with Crippen molar-refractivity contribution < 1.29 is 0 Å². The molecule has 3 aromatic rings. The van der Waals surface area contributed by atoms with Gasteiger partial charge in [0.25, 0.3) is 5.56 Å². The highest BCUT2D eigenvalue weighted by Crippen LogP contribution is 2.19. The van der Waals surface area contributed by atoms with Gasteiger partial charge in [-0.15, -0.1) is 0 Å². The van der Waals surface area contributed by atoms with Crippen molar-refractivity contribution in [1.82, 2.24) is 18.7 Å². The zero-order chi connectivity index (χ0) is 17.4. The van der Waals surface area contributed by atoms with E-state index in [0.29, 0.717) is 18.4 Å². The Kier molecular flexibility index (Phi) is 4.01. The molecule has 2 aromatic heterocycles. The molecule has 24 heavy (non-hydrogen) atoms. The molecule has 1 aromatic carbocycles. The quantitative estimate of drug-likeness (QED) is 0.790. The van der Waals surface area contributed by atoms with E-state index in [1.54, 1.807) is 7.05 Å².